The third-order valence-electron chi connectivity index (χ3n) is 1.28. The predicted molar refractivity (Wildman–Crippen MR) is 58.2 cm³/mol. The zero-order valence-corrected chi connectivity index (χ0v) is 9.32. The molecule has 0 aliphatic heterocycles. The lowest BCUT2D eigenvalue weighted by Crippen LogP contribution is -2.34. The summed E-state index contributed by atoms with van der Waals surface area (Å²) in [6, 6.07) is 0. The molecule has 1 aliphatic carbocycles. The van der Waals surface area contributed by atoms with Crippen molar-refractivity contribution in [2.45, 2.75) is 8.41 Å². The molecule has 0 radical (unpaired) electrons. The van der Waals surface area contributed by atoms with Gasteiger partial charge in [0.2, 0.25) is 0 Å². The standard InChI is InChI=1S/C6H5Cl3S2/c7-4-1-2-5(8,10)6(9,11)3-4/h1-3,10-11H. The smallest absolute Gasteiger partial charge is 0.138 e. The summed E-state index contributed by atoms with van der Waals surface area (Å²) in [5.41, 5.74) is 0. The number of allylic oxidation sites excluding steroid dienone is 2. The second kappa shape index (κ2) is 3.08. The van der Waals surface area contributed by atoms with Gasteiger partial charge in [0.25, 0.3) is 0 Å². The quantitative estimate of drug-likeness (QED) is 0.476. The fourth-order valence-corrected chi connectivity index (χ4v) is 1.65. The number of rotatable bonds is 0. The minimum absolute atomic E-state index is 0.514. The number of halogens is 3. The number of thiol groups is 2. The van der Waals surface area contributed by atoms with Gasteiger partial charge >= 0.3 is 0 Å². The molecule has 1 rings (SSSR count). The molecule has 0 heterocycles. The third kappa shape index (κ3) is 2.04. The normalized spacial score (nSPS) is 43.9. The van der Waals surface area contributed by atoms with E-state index in [9.17, 15) is 0 Å². The molecule has 0 aromatic rings. The van der Waals surface area contributed by atoms with Crippen LogP contribution in [-0.4, -0.2) is 8.41 Å². The number of alkyl halides is 2. The molecule has 0 aromatic carbocycles. The van der Waals surface area contributed by atoms with Crippen molar-refractivity contribution in [3.05, 3.63) is 23.3 Å². The first-order chi connectivity index (χ1) is 4.85. The molecule has 11 heavy (non-hydrogen) atoms. The van der Waals surface area contributed by atoms with Crippen molar-refractivity contribution in [2.75, 3.05) is 0 Å². The largest absolute Gasteiger partial charge is 0.149 e. The molecular weight excluding hydrogens is 243 g/mol. The molecule has 1 aliphatic rings. The van der Waals surface area contributed by atoms with Gasteiger partial charge in [-0.1, -0.05) is 34.8 Å². The summed E-state index contributed by atoms with van der Waals surface area (Å²) in [5.74, 6) is 0. The topological polar surface area (TPSA) is 0 Å². The molecule has 0 bridgehead atoms. The molecule has 0 saturated carbocycles. The molecule has 0 saturated heterocycles. The number of hydrogen-bond donors (Lipinski definition) is 2. The van der Waals surface area contributed by atoms with E-state index in [-0.39, 0.29) is 0 Å². The summed E-state index contributed by atoms with van der Waals surface area (Å²) in [6.45, 7) is 0. The van der Waals surface area contributed by atoms with Crippen LogP contribution < -0.4 is 0 Å². The van der Waals surface area contributed by atoms with E-state index in [0.29, 0.717) is 5.03 Å². The lowest BCUT2D eigenvalue weighted by molar-refractivity contribution is 0.933. The van der Waals surface area contributed by atoms with E-state index in [4.69, 9.17) is 34.8 Å². The first-order valence-electron chi connectivity index (χ1n) is 2.75. The minimum Gasteiger partial charge on any atom is -0.149 e. The Morgan fingerprint density at radius 2 is 1.73 bits per heavy atom. The molecule has 0 amide bonds. The highest BCUT2D eigenvalue weighted by molar-refractivity contribution is 7.89. The first kappa shape index (κ1) is 10.1. The maximum atomic E-state index is 5.90. The van der Waals surface area contributed by atoms with Gasteiger partial charge in [-0.3, -0.25) is 0 Å². The van der Waals surface area contributed by atoms with Crippen LogP contribution in [0, 0.1) is 0 Å². The zero-order valence-electron chi connectivity index (χ0n) is 5.26. The van der Waals surface area contributed by atoms with Gasteiger partial charge < -0.3 is 0 Å². The van der Waals surface area contributed by atoms with Gasteiger partial charge in [-0.2, -0.15) is 0 Å². The van der Waals surface area contributed by atoms with Gasteiger partial charge in [0, 0.05) is 5.03 Å². The van der Waals surface area contributed by atoms with Crippen LogP contribution >= 0.6 is 60.1 Å². The summed E-state index contributed by atoms with van der Waals surface area (Å²) in [5, 5.41) is 0.514. The highest BCUT2D eigenvalue weighted by Gasteiger charge is 2.42. The maximum Gasteiger partial charge on any atom is 0.138 e. The van der Waals surface area contributed by atoms with Gasteiger partial charge in [-0.05, 0) is 18.2 Å². The van der Waals surface area contributed by atoms with E-state index in [0.717, 1.165) is 0 Å². The second-order valence-electron chi connectivity index (χ2n) is 2.21. The molecule has 0 aromatic heterocycles. The minimum atomic E-state index is -1.04. The maximum absolute atomic E-state index is 5.90. The van der Waals surface area contributed by atoms with Crippen molar-refractivity contribution in [3.63, 3.8) is 0 Å². The van der Waals surface area contributed by atoms with Crippen LogP contribution in [0.25, 0.3) is 0 Å². The van der Waals surface area contributed by atoms with Crippen LogP contribution in [0.3, 0.4) is 0 Å². The van der Waals surface area contributed by atoms with E-state index >= 15 is 0 Å². The Kier molecular flexibility index (Phi) is 2.83. The summed E-state index contributed by atoms with van der Waals surface area (Å²) >= 11 is 25.7. The van der Waals surface area contributed by atoms with Crippen molar-refractivity contribution in [2.24, 2.45) is 0 Å². The monoisotopic (exact) mass is 246 g/mol. The van der Waals surface area contributed by atoms with Crippen molar-refractivity contribution in [1.29, 1.82) is 0 Å². The molecule has 0 N–H and O–H groups in total. The number of hydrogen-bond acceptors (Lipinski definition) is 2. The van der Waals surface area contributed by atoms with Crippen molar-refractivity contribution in [1.82, 2.24) is 0 Å². The third-order valence-corrected chi connectivity index (χ3v) is 3.87. The van der Waals surface area contributed by atoms with Gasteiger partial charge in [0.15, 0.2) is 0 Å². The summed E-state index contributed by atoms with van der Waals surface area (Å²) in [6.07, 6.45) is 4.78. The van der Waals surface area contributed by atoms with Crippen molar-refractivity contribution < 1.29 is 0 Å². The Labute approximate surface area is 91.4 Å². The second-order valence-corrected chi connectivity index (χ2v) is 5.78. The lowest BCUT2D eigenvalue weighted by Gasteiger charge is -2.32. The van der Waals surface area contributed by atoms with E-state index in [2.05, 4.69) is 25.3 Å². The molecule has 0 spiro atoms. The SMILES string of the molecule is SC1(Cl)C=CC(Cl)=CC1(S)Cl. The molecule has 0 nitrogen and oxygen atoms in total. The lowest BCUT2D eigenvalue weighted by atomic mass is 10.1. The van der Waals surface area contributed by atoms with Gasteiger partial charge in [-0.25, -0.2) is 0 Å². The first-order valence-corrected chi connectivity index (χ1v) is 4.78. The molecule has 62 valence electrons. The Bertz CT molecular complexity index is 230. The van der Waals surface area contributed by atoms with Gasteiger partial charge in [-0.15, -0.1) is 25.3 Å². The summed E-state index contributed by atoms with van der Waals surface area (Å²) in [7, 11) is 0. The Morgan fingerprint density at radius 3 is 2.09 bits per heavy atom. The van der Waals surface area contributed by atoms with Gasteiger partial charge in [0.05, 0.1) is 0 Å². The van der Waals surface area contributed by atoms with E-state index in [1.807, 2.05) is 0 Å². The van der Waals surface area contributed by atoms with Crippen LogP contribution in [0.1, 0.15) is 0 Å². The van der Waals surface area contributed by atoms with Gasteiger partial charge in [0.1, 0.15) is 8.41 Å². The van der Waals surface area contributed by atoms with Crippen molar-refractivity contribution >= 4 is 60.1 Å². The van der Waals surface area contributed by atoms with Crippen LogP contribution in [-0.2, 0) is 0 Å². The average molecular weight is 248 g/mol. The average Bonchev–Trinajstić information content (AvgIpc) is 1.80. The van der Waals surface area contributed by atoms with Crippen molar-refractivity contribution in [3.8, 4) is 0 Å². The van der Waals surface area contributed by atoms with Crippen LogP contribution in [0.2, 0.25) is 0 Å². The van der Waals surface area contributed by atoms with Crippen LogP contribution in [0.4, 0.5) is 0 Å². The highest BCUT2D eigenvalue weighted by Crippen LogP contribution is 2.47. The molecule has 2 unspecified atom stereocenters. The Morgan fingerprint density at radius 1 is 1.18 bits per heavy atom. The Balaban J connectivity index is 3.04. The van der Waals surface area contributed by atoms with E-state index < -0.39 is 8.41 Å². The Hall–Kier alpha value is 1.05. The predicted octanol–water partition coefficient (Wildman–Crippen LogP) is 3.41. The zero-order chi connectivity index (χ0) is 8.70. The highest BCUT2D eigenvalue weighted by atomic mass is 35.5. The van der Waals surface area contributed by atoms with E-state index in [1.54, 1.807) is 18.2 Å². The van der Waals surface area contributed by atoms with Crippen LogP contribution in [0.15, 0.2) is 23.3 Å². The fraction of sp³-hybridized carbons (Fsp3) is 0.333. The molecular formula is C6H5Cl3S2. The van der Waals surface area contributed by atoms with E-state index in [1.165, 1.54) is 0 Å². The van der Waals surface area contributed by atoms with Crippen LogP contribution in [0.5, 0.6) is 0 Å². The molecule has 5 heteroatoms. The fourth-order valence-electron chi connectivity index (χ4n) is 0.639. The summed E-state index contributed by atoms with van der Waals surface area (Å²) < 4.78 is -2.03. The molecule has 2 atom stereocenters. The molecule has 0 fully saturated rings. The summed E-state index contributed by atoms with van der Waals surface area (Å²) in [4.78, 5) is 0.